The van der Waals surface area contributed by atoms with E-state index >= 15 is 0 Å². The number of aryl methyl sites for hydroxylation is 1. The van der Waals surface area contributed by atoms with Gasteiger partial charge in [-0.25, -0.2) is 14.4 Å². The number of likely N-dealkylation sites (tertiary alicyclic amines) is 1. The van der Waals surface area contributed by atoms with Crippen LogP contribution in [0.15, 0.2) is 59.1 Å². The molecular weight excluding hydrogens is 407 g/mol. The lowest BCUT2D eigenvalue weighted by Gasteiger charge is -2.34. The maximum absolute atomic E-state index is 13.5. The summed E-state index contributed by atoms with van der Waals surface area (Å²) in [7, 11) is 0. The molecule has 0 radical (unpaired) electrons. The van der Waals surface area contributed by atoms with Crippen LogP contribution in [0.3, 0.4) is 0 Å². The fourth-order valence-electron chi connectivity index (χ4n) is 4.51. The quantitative estimate of drug-likeness (QED) is 0.454. The molecule has 2 aromatic heterocycles. The van der Waals surface area contributed by atoms with E-state index in [1.54, 1.807) is 12.3 Å². The first-order chi connectivity index (χ1) is 15.6. The van der Waals surface area contributed by atoms with Crippen molar-refractivity contribution in [1.82, 2.24) is 19.4 Å². The van der Waals surface area contributed by atoms with Crippen LogP contribution in [-0.2, 0) is 17.8 Å². The van der Waals surface area contributed by atoms with Gasteiger partial charge in [-0.1, -0.05) is 24.3 Å². The Morgan fingerprint density at radius 1 is 1.19 bits per heavy atom. The van der Waals surface area contributed by atoms with E-state index in [0.29, 0.717) is 24.6 Å². The summed E-state index contributed by atoms with van der Waals surface area (Å²) in [6.45, 7) is 2.84. The van der Waals surface area contributed by atoms with Crippen LogP contribution in [0.2, 0.25) is 0 Å². The van der Waals surface area contributed by atoms with Crippen molar-refractivity contribution >= 4 is 16.9 Å². The Morgan fingerprint density at radius 3 is 2.94 bits per heavy atom. The molecule has 1 amide bonds. The molecule has 7 heteroatoms. The third kappa shape index (κ3) is 4.02. The number of hydrogen-bond acceptors (Lipinski definition) is 4. The van der Waals surface area contributed by atoms with Crippen molar-refractivity contribution in [3.8, 4) is 0 Å². The number of rotatable bonds is 5. The summed E-state index contributed by atoms with van der Waals surface area (Å²) in [4.78, 5) is 24.3. The number of halogens is 1. The van der Waals surface area contributed by atoms with E-state index in [1.165, 1.54) is 12.1 Å². The van der Waals surface area contributed by atoms with Crippen molar-refractivity contribution in [2.24, 2.45) is 0 Å². The van der Waals surface area contributed by atoms with Gasteiger partial charge in [0.1, 0.15) is 30.0 Å². The molecule has 164 valence electrons. The first-order valence-electron chi connectivity index (χ1n) is 11.0. The fraction of sp³-hybridized carbons (Fsp3) is 0.320. The fourth-order valence-corrected chi connectivity index (χ4v) is 4.51. The average Bonchev–Trinajstić information content (AvgIpc) is 3.38. The van der Waals surface area contributed by atoms with Gasteiger partial charge in [-0.05, 0) is 56.0 Å². The topological polar surface area (TPSA) is 64.2 Å². The number of nitrogens with zero attached hydrogens (tertiary/aromatic N) is 4. The van der Waals surface area contributed by atoms with E-state index < -0.39 is 0 Å². The molecule has 1 saturated heterocycles. The molecule has 0 unspecified atom stereocenters. The molecule has 1 fully saturated rings. The number of carbonyl (C=O) groups is 1. The van der Waals surface area contributed by atoms with Crippen LogP contribution in [0.5, 0.6) is 0 Å². The molecule has 5 rings (SSSR count). The van der Waals surface area contributed by atoms with E-state index in [0.717, 1.165) is 41.7 Å². The minimum absolute atomic E-state index is 0.0332. The standard InChI is InChI=1S/C25H25FN4O2/c1-17-28-21-9-2-3-10-22(21)30(17)16-24(31)29-12-5-4-11-23(29)25-27-15-20(32-25)14-18-7-6-8-19(26)13-18/h2-3,6-10,13,15,23H,4-5,11-12,14,16H2,1H3/t23-/m1/s1. The number of oxazole rings is 1. The number of amides is 1. The average molecular weight is 432 g/mol. The van der Waals surface area contributed by atoms with Gasteiger partial charge in [0.25, 0.3) is 0 Å². The molecule has 4 aromatic rings. The lowest BCUT2D eigenvalue weighted by molar-refractivity contribution is -0.136. The van der Waals surface area contributed by atoms with Crippen LogP contribution in [0.4, 0.5) is 4.39 Å². The van der Waals surface area contributed by atoms with Crippen molar-refractivity contribution < 1.29 is 13.6 Å². The molecule has 0 bridgehead atoms. The maximum Gasteiger partial charge on any atom is 0.243 e. The Morgan fingerprint density at radius 2 is 2.06 bits per heavy atom. The van der Waals surface area contributed by atoms with E-state index in [2.05, 4.69) is 9.97 Å². The normalized spacial score (nSPS) is 16.6. The van der Waals surface area contributed by atoms with Crippen molar-refractivity contribution in [3.63, 3.8) is 0 Å². The number of hydrogen-bond donors (Lipinski definition) is 0. The third-order valence-electron chi connectivity index (χ3n) is 6.09. The smallest absolute Gasteiger partial charge is 0.243 e. The maximum atomic E-state index is 13.5. The van der Waals surface area contributed by atoms with Crippen molar-refractivity contribution in [3.05, 3.63) is 83.6 Å². The van der Waals surface area contributed by atoms with Gasteiger partial charge in [-0.3, -0.25) is 4.79 Å². The molecule has 1 atom stereocenters. The number of carbonyl (C=O) groups excluding carboxylic acids is 1. The lowest BCUT2D eigenvalue weighted by atomic mass is 10.0. The summed E-state index contributed by atoms with van der Waals surface area (Å²) in [5.41, 5.74) is 2.68. The highest BCUT2D eigenvalue weighted by Crippen LogP contribution is 2.31. The van der Waals surface area contributed by atoms with Gasteiger partial charge in [-0.15, -0.1) is 0 Å². The number of imidazole rings is 1. The van der Waals surface area contributed by atoms with Crippen LogP contribution >= 0.6 is 0 Å². The van der Waals surface area contributed by atoms with Gasteiger partial charge in [0.2, 0.25) is 11.8 Å². The first kappa shape index (κ1) is 20.4. The van der Waals surface area contributed by atoms with Gasteiger partial charge in [0, 0.05) is 13.0 Å². The number of para-hydroxylation sites is 2. The molecule has 6 nitrogen and oxygen atoms in total. The highest BCUT2D eigenvalue weighted by molar-refractivity contribution is 5.81. The predicted octanol–water partition coefficient (Wildman–Crippen LogP) is 4.82. The highest BCUT2D eigenvalue weighted by atomic mass is 19.1. The number of benzene rings is 2. The molecular formula is C25H25FN4O2. The second kappa shape index (κ2) is 8.57. The Bertz CT molecular complexity index is 1260. The molecule has 3 heterocycles. The molecule has 1 aliphatic heterocycles. The van der Waals surface area contributed by atoms with E-state index in [9.17, 15) is 9.18 Å². The summed E-state index contributed by atoms with van der Waals surface area (Å²) in [5, 5.41) is 0. The zero-order valence-corrected chi connectivity index (χ0v) is 18.0. The zero-order chi connectivity index (χ0) is 22.1. The largest absolute Gasteiger partial charge is 0.443 e. The van der Waals surface area contributed by atoms with Gasteiger partial charge >= 0.3 is 0 Å². The van der Waals surface area contributed by atoms with Crippen molar-refractivity contribution in [1.29, 1.82) is 0 Å². The van der Waals surface area contributed by atoms with E-state index in [4.69, 9.17) is 4.42 Å². The number of aromatic nitrogens is 3. The van der Waals surface area contributed by atoms with Crippen LogP contribution in [0.1, 0.15) is 48.3 Å². The molecule has 0 saturated carbocycles. The zero-order valence-electron chi connectivity index (χ0n) is 18.0. The summed E-state index contributed by atoms with van der Waals surface area (Å²) >= 11 is 0. The van der Waals surface area contributed by atoms with Gasteiger partial charge in [-0.2, -0.15) is 0 Å². The van der Waals surface area contributed by atoms with Crippen LogP contribution in [-0.4, -0.2) is 31.9 Å². The SMILES string of the molecule is Cc1nc2ccccc2n1CC(=O)N1CCCC[C@@H]1c1ncc(Cc2cccc(F)c2)o1. The number of piperidine rings is 1. The van der Waals surface area contributed by atoms with Crippen molar-refractivity contribution in [2.75, 3.05) is 6.54 Å². The minimum Gasteiger partial charge on any atom is -0.443 e. The van der Waals surface area contributed by atoms with E-state index in [1.807, 2.05) is 46.7 Å². The van der Waals surface area contributed by atoms with Crippen LogP contribution in [0, 0.1) is 12.7 Å². The minimum atomic E-state index is -0.270. The molecule has 2 aromatic carbocycles. The Kier molecular flexibility index (Phi) is 5.47. The van der Waals surface area contributed by atoms with Crippen LogP contribution in [0.25, 0.3) is 11.0 Å². The molecule has 1 aliphatic rings. The summed E-state index contributed by atoms with van der Waals surface area (Å²) in [5.74, 6) is 1.80. The van der Waals surface area contributed by atoms with Crippen LogP contribution < -0.4 is 0 Å². The second-order valence-corrected chi connectivity index (χ2v) is 8.30. The first-order valence-corrected chi connectivity index (χ1v) is 11.0. The van der Waals surface area contributed by atoms with Gasteiger partial charge in [0.15, 0.2) is 0 Å². The lowest BCUT2D eigenvalue weighted by Crippen LogP contribution is -2.40. The summed E-state index contributed by atoms with van der Waals surface area (Å²) in [6.07, 6.45) is 4.94. The molecule has 32 heavy (non-hydrogen) atoms. The Hall–Kier alpha value is -3.48. The summed E-state index contributed by atoms with van der Waals surface area (Å²) < 4.78 is 21.5. The highest BCUT2D eigenvalue weighted by Gasteiger charge is 2.31. The predicted molar refractivity (Wildman–Crippen MR) is 118 cm³/mol. The monoisotopic (exact) mass is 432 g/mol. The number of fused-ring (bicyclic) bond motifs is 1. The van der Waals surface area contributed by atoms with E-state index in [-0.39, 0.29) is 24.3 Å². The third-order valence-corrected chi connectivity index (χ3v) is 6.09. The molecule has 0 spiro atoms. The summed E-state index contributed by atoms with van der Waals surface area (Å²) in [6, 6.07) is 14.1. The van der Waals surface area contributed by atoms with Gasteiger partial charge in [0.05, 0.1) is 17.2 Å². The van der Waals surface area contributed by atoms with Gasteiger partial charge < -0.3 is 13.9 Å². The second-order valence-electron chi connectivity index (χ2n) is 8.30. The Balaban J connectivity index is 1.35. The Labute approximate surface area is 185 Å². The molecule has 0 aliphatic carbocycles. The van der Waals surface area contributed by atoms with Crippen molar-refractivity contribution in [2.45, 2.75) is 45.2 Å². The molecule has 0 N–H and O–H groups in total.